The quantitative estimate of drug-likeness (QED) is 0.620. The van der Waals surface area contributed by atoms with Crippen molar-refractivity contribution in [1.29, 1.82) is 0 Å². The molecule has 3 N–H and O–H groups in total. The van der Waals surface area contributed by atoms with Gasteiger partial charge in [0.1, 0.15) is 5.82 Å². The van der Waals surface area contributed by atoms with Crippen LogP contribution in [0.4, 0.5) is 17.2 Å². The Hall–Kier alpha value is -3.16. The van der Waals surface area contributed by atoms with Gasteiger partial charge in [0, 0.05) is 17.8 Å². The zero-order chi connectivity index (χ0) is 17.7. The van der Waals surface area contributed by atoms with Gasteiger partial charge in [0.25, 0.3) is 5.91 Å². The Kier molecular flexibility index (Phi) is 5.31. The van der Waals surface area contributed by atoms with Crippen molar-refractivity contribution in [2.24, 2.45) is 5.92 Å². The second kappa shape index (κ2) is 7.40. The van der Waals surface area contributed by atoms with E-state index in [0.717, 1.165) is 0 Å². The Morgan fingerprint density at radius 2 is 2.17 bits per heavy atom. The Labute approximate surface area is 138 Å². The number of hydrogen-bond donors (Lipinski definition) is 2. The summed E-state index contributed by atoms with van der Waals surface area (Å²) in [7, 11) is 0. The van der Waals surface area contributed by atoms with E-state index in [9.17, 15) is 14.9 Å². The molecule has 126 valence electrons. The average Bonchev–Trinajstić information content (AvgIpc) is 2.54. The van der Waals surface area contributed by atoms with E-state index in [-0.39, 0.29) is 28.7 Å². The number of carbonyl (C=O) groups excluding carboxylic acids is 1. The first kappa shape index (κ1) is 17.2. The number of carbonyl (C=O) groups is 1. The first-order valence-corrected chi connectivity index (χ1v) is 7.31. The van der Waals surface area contributed by atoms with Crippen molar-refractivity contribution in [3.05, 3.63) is 52.2 Å². The molecule has 1 amide bonds. The number of nitrogens with zero attached hydrogens (tertiary/aromatic N) is 2. The third-order valence-corrected chi connectivity index (χ3v) is 3.08. The minimum Gasteiger partial charge on any atom is -0.487 e. The van der Waals surface area contributed by atoms with Gasteiger partial charge < -0.3 is 15.8 Å². The molecule has 0 atom stereocenters. The van der Waals surface area contributed by atoms with E-state index in [2.05, 4.69) is 10.3 Å². The molecule has 0 saturated carbocycles. The molecule has 8 nitrogen and oxygen atoms in total. The van der Waals surface area contributed by atoms with Crippen LogP contribution in [0.3, 0.4) is 0 Å². The highest BCUT2D eigenvalue weighted by Crippen LogP contribution is 2.29. The normalized spacial score (nSPS) is 10.5. The van der Waals surface area contributed by atoms with Crippen LogP contribution in [0.1, 0.15) is 24.2 Å². The molecule has 0 saturated heterocycles. The second-order valence-electron chi connectivity index (χ2n) is 5.53. The molecular formula is C16H18N4O4. The molecule has 2 aromatic rings. The van der Waals surface area contributed by atoms with Crippen LogP contribution in [0.5, 0.6) is 5.75 Å². The molecule has 0 radical (unpaired) electrons. The number of nitrogen functional groups attached to an aromatic ring is 1. The number of nitro groups is 1. The van der Waals surface area contributed by atoms with Gasteiger partial charge in [0.2, 0.25) is 0 Å². The molecule has 24 heavy (non-hydrogen) atoms. The van der Waals surface area contributed by atoms with Crippen molar-refractivity contribution < 1.29 is 14.5 Å². The predicted molar refractivity (Wildman–Crippen MR) is 90.0 cm³/mol. The van der Waals surface area contributed by atoms with Gasteiger partial charge in [-0.3, -0.25) is 14.9 Å². The summed E-state index contributed by atoms with van der Waals surface area (Å²) in [4.78, 5) is 26.8. The van der Waals surface area contributed by atoms with Crippen LogP contribution in [0.25, 0.3) is 0 Å². The van der Waals surface area contributed by atoms with Crippen LogP contribution in [0.2, 0.25) is 0 Å². The third kappa shape index (κ3) is 4.19. The average molecular weight is 330 g/mol. The summed E-state index contributed by atoms with van der Waals surface area (Å²) in [5.74, 6) is -0.00211. The van der Waals surface area contributed by atoms with E-state index in [0.29, 0.717) is 12.3 Å². The summed E-state index contributed by atoms with van der Waals surface area (Å²) in [6.07, 6.45) is 1.50. The summed E-state index contributed by atoms with van der Waals surface area (Å²) in [5, 5.41) is 13.8. The van der Waals surface area contributed by atoms with Crippen LogP contribution in [-0.2, 0) is 0 Å². The van der Waals surface area contributed by atoms with Crippen molar-refractivity contribution in [3.63, 3.8) is 0 Å². The lowest BCUT2D eigenvalue weighted by atomic mass is 10.1. The summed E-state index contributed by atoms with van der Waals surface area (Å²) in [6.45, 7) is 4.22. The number of ether oxygens (including phenoxy) is 1. The zero-order valence-electron chi connectivity index (χ0n) is 13.4. The summed E-state index contributed by atoms with van der Waals surface area (Å²) in [6, 6.07) is 7.27. The van der Waals surface area contributed by atoms with Crippen LogP contribution in [0, 0.1) is 16.0 Å². The number of nitro benzene ring substituents is 1. The zero-order valence-corrected chi connectivity index (χ0v) is 13.4. The molecule has 0 aliphatic rings. The number of benzene rings is 1. The van der Waals surface area contributed by atoms with Gasteiger partial charge in [0.05, 0.1) is 17.2 Å². The molecule has 0 spiro atoms. The number of nitrogens with two attached hydrogens (primary N) is 1. The van der Waals surface area contributed by atoms with Crippen molar-refractivity contribution in [2.45, 2.75) is 13.8 Å². The van der Waals surface area contributed by atoms with Crippen molar-refractivity contribution in [1.82, 2.24) is 4.98 Å². The van der Waals surface area contributed by atoms with E-state index in [4.69, 9.17) is 10.5 Å². The first-order chi connectivity index (χ1) is 11.4. The summed E-state index contributed by atoms with van der Waals surface area (Å²) < 4.78 is 5.43. The molecule has 2 rings (SSSR count). The molecule has 0 bridgehead atoms. The van der Waals surface area contributed by atoms with Gasteiger partial charge in [-0.15, -0.1) is 0 Å². The van der Waals surface area contributed by atoms with Gasteiger partial charge in [0.15, 0.2) is 5.75 Å². The summed E-state index contributed by atoms with van der Waals surface area (Å²) in [5.41, 5.74) is 5.87. The standard InChI is InChI=1S/C16H18N4O4/c1-10(2)9-24-14-6-5-11(8-13(14)20(22)23)16(21)19-12-4-3-7-18-15(12)17/h3-8,10H,9H2,1-2H3,(H2,17,18)(H,19,21). The Morgan fingerprint density at radius 3 is 2.79 bits per heavy atom. The van der Waals surface area contributed by atoms with E-state index in [1.807, 2.05) is 13.8 Å². The molecule has 0 unspecified atom stereocenters. The van der Waals surface area contributed by atoms with Crippen LogP contribution < -0.4 is 15.8 Å². The first-order valence-electron chi connectivity index (χ1n) is 7.31. The highest BCUT2D eigenvalue weighted by atomic mass is 16.6. The lowest BCUT2D eigenvalue weighted by Crippen LogP contribution is -2.14. The Balaban J connectivity index is 2.24. The fraction of sp³-hybridized carbons (Fsp3) is 0.250. The lowest BCUT2D eigenvalue weighted by molar-refractivity contribution is -0.385. The lowest BCUT2D eigenvalue weighted by Gasteiger charge is -2.10. The maximum atomic E-state index is 12.3. The van der Waals surface area contributed by atoms with Gasteiger partial charge in [-0.1, -0.05) is 13.8 Å². The van der Waals surface area contributed by atoms with Crippen molar-refractivity contribution >= 4 is 23.1 Å². The topological polar surface area (TPSA) is 120 Å². The second-order valence-corrected chi connectivity index (χ2v) is 5.53. The number of rotatable bonds is 6. The van der Waals surface area contributed by atoms with Gasteiger partial charge in [-0.05, 0) is 30.2 Å². The SMILES string of the molecule is CC(C)COc1ccc(C(=O)Nc2cccnc2N)cc1[N+](=O)[O-]. The minimum atomic E-state index is -0.578. The molecule has 0 aliphatic carbocycles. The fourth-order valence-corrected chi connectivity index (χ4v) is 1.90. The predicted octanol–water partition coefficient (Wildman–Crippen LogP) is 2.86. The Bertz CT molecular complexity index is 761. The molecule has 0 fully saturated rings. The number of amides is 1. The van der Waals surface area contributed by atoms with Gasteiger partial charge in [-0.2, -0.15) is 0 Å². The van der Waals surface area contributed by atoms with Gasteiger partial charge in [-0.25, -0.2) is 4.98 Å². The number of hydrogen-bond acceptors (Lipinski definition) is 6. The highest BCUT2D eigenvalue weighted by Gasteiger charge is 2.19. The van der Waals surface area contributed by atoms with E-state index < -0.39 is 10.8 Å². The largest absolute Gasteiger partial charge is 0.487 e. The highest BCUT2D eigenvalue weighted by molar-refractivity contribution is 6.06. The van der Waals surface area contributed by atoms with E-state index in [1.165, 1.54) is 24.4 Å². The van der Waals surface area contributed by atoms with Crippen LogP contribution in [0.15, 0.2) is 36.5 Å². The van der Waals surface area contributed by atoms with Crippen LogP contribution in [-0.4, -0.2) is 22.4 Å². The van der Waals surface area contributed by atoms with Gasteiger partial charge >= 0.3 is 5.69 Å². The molecule has 1 heterocycles. The minimum absolute atomic E-state index is 0.127. The summed E-state index contributed by atoms with van der Waals surface area (Å²) >= 11 is 0. The van der Waals surface area contributed by atoms with E-state index in [1.54, 1.807) is 12.1 Å². The number of nitrogens with one attached hydrogen (secondary N) is 1. The molecule has 1 aromatic carbocycles. The third-order valence-electron chi connectivity index (χ3n) is 3.08. The molecular weight excluding hydrogens is 312 g/mol. The number of anilines is 2. The van der Waals surface area contributed by atoms with Crippen LogP contribution >= 0.6 is 0 Å². The smallest absolute Gasteiger partial charge is 0.311 e. The molecule has 0 aliphatic heterocycles. The maximum absolute atomic E-state index is 12.3. The molecule has 8 heteroatoms. The monoisotopic (exact) mass is 330 g/mol. The Morgan fingerprint density at radius 1 is 1.42 bits per heavy atom. The molecule has 1 aromatic heterocycles. The number of aromatic nitrogens is 1. The maximum Gasteiger partial charge on any atom is 0.311 e. The van der Waals surface area contributed by atoms with Crippen molar-refractivity contribution in [2.75, 3.05) is 17.7 Å². The van der Waals surface area contributed by atoms with E-state index >= 15 is 0 Å². The number of pyridine rings is 1. The van der Waals surface area contributed by atoms with Crippen molar-refractivity contribution in [3.8, 4) is 5.75 Å². The fourth-order valence-electron chi connectivity index (χ4n) is 1.90.